The number of anilines is 1. The maximum absolute atomic E-state index is 11.3. The van der Waals surface area contributed by atoms with Crippen molar-refractivity contribution in [2.75, 3.05) is 19.0 Å². The number of hydrogen-bond donors (Lipinski definition) is 1. The monoisotopic (exact) mass is 439 g/mol. The molecular formula is C27H25N3OS+2. The maximum Gasteiger partial charge on any atom is 0.391 e. The van der Waals surface area contributed by atoms with Crippen LogP contribution in [0.1, 0.15) is 11.3 Å². The van der Waals surface area contributed by atoms with Gasteiger partial charge in [0.1, 0.15) is 7.05 Å². The molecule has 4 nitrogen and oxygen atoms in total. The second kappa shape index (κ2) is 8.09. The Hall–Kier alpha value is -3.70. The van der Waals surface area contributed by atoms with Crippen molar-refractivity contribution in [1.29, 1.82) is 0 Å². The normalized spacial score (nSPS) is 11.6. The highest BCUT2D eigenvalue weighted by molar-refractivity contribution is 7.20. The predicted molar refractivity (Wildman–Crippen MR) is 133 cm³/mol. The standard InChI is InChI=1S/C27H24N3OS/c1-28(2)21-16-13-19(14-17-21)15-18-24-27-30(23-12-8-7-11-22(23)29(24)3)26(31)25(32-27)20-9-5-4-6-10-20/h4-18H,1-3H3/q+1/p+1. The van der Waals surface area contributed by atoms with Gasteiger partial charge in [-0.15, -0.1) is 0 Å². The minimum absolute atomic E-state index is 0.276. The number of benzene rings is 3. The molecule has 0 saturated carbocycles. The minimum Gasteiger partial charge on any atom is -0.458 e. The van der Waals surface area contributed by atoms with Gasteiger partial charge in [-0.3, -0.25) is 0 Å². The summed E-state index contributed by atoms with van der Waals surface area (Å²) >= 11 is 1.61. The van der Waals surface area contributed by atoms with Crippen molar-refractivity contribution in [3.63, 3.8) is 0 Å². The Bertz CT molecular complexity index is 1450. The summed E-state index contributed by atoms with van der Waals surface area (Å²) in [6, 6.07) is 26.7. The van der Waals surface area contributed by atoms with Crippen LogP contribution in [0.15, 0.2) is 78.9 Å². The highest BCUT2D eigenvalue weighted by Crippen LogP contribution is 2.36. The van der Waals surface area contributed by atoms with Gasteiger partial charge >= 0.3 is 10.7 Å². The lowest BCUT2D eigenvalue weighted by molar-refractivity contribution is -0.656. The first-order valence-corrected chi connectivity index (χ1v) is 11.4. The molecule has 0 fully saturated rings. The Morgan fingerprint density at radius 3 is 2.16 bits per heavy atom. The Kier molecular flexibility index (Phi) is 5.11. The van der Waals surface area contributed by atoms with E-state index in [0.29, 0.717) is 0 Å². The predicted octanol–water partition coefficient (Wildman–Crippen LogP) is 5.07. The minimum atomic E-state index is 0.276. The maximum atomic E-state index is 11.3. The van der Waals surface area contributed by atoms with E-state index >= 15 is 0 Å². The molecule has 2 heterocycles. The summed E-state index contributed by atoms with van der Waals surface area (Å²) in [6.45, 7) is 0. The first-order chi connectivity index (χ1) is 15.5. The van der Waals surface area contributed by atoms with Gasteiger partial charge in [0.15, 0.2) is 4.88 Å². The van der Waals surface area contributed by atoms with Crippen LogP contribution in [-0.2, 0) is 7.05 Å². The van der Waals surface area contributed by atoms with E-state index in [0.717, 1.165) is 37.6 Å². The topological polar surface area (TPSA) is 31.4 Å². The fraction of sp³-hybridized carbons (Fsp3) is 0.111. The molecule has 2 aromatic heterocycles. The summed E-state index contributed by atoms with van der Waals surface area (Å²) in [4.78, 5) is 3.96. The van der Waals surface area contributed by atoms with Gasteiger partial charge in [0.05, 0.1) is 0 Å². The van der Waals surface area contributed by atoms with E-state index in [1.807, 2.05) is 61.0 Å². The summed E-state index contributed by atoms with van der Waals surface area (Å²) in [5.41, 5.74) is 6.40. The number of para-hydroxylation sites is 2. The van der Waals surface area contributed by atoms with Gasteiger partial charge in [-0.2, -0.15) is 4.57 Å². The molecule has 0 saturated heterocycles. The Balaban J connectivity index is 1.73. The van der Waals surface area contributed by atoms with Crippen LogP contribution in [-0.4, -0.2) is 19.2 Å². The zero-order chi connectivity index (χ0) is 22.2. The van der Waals surface area contributed by atoms with E-state index in [1.165, 1.54) is 5.69 Å². The quantitative estimate of drug-likeness (QED) is 0.396. The summed E-state index contributed by atoms with van der Waals surface area (Å²) in [6.07, 6.45) is 4.26. The van der Waals surface area contributed by atoms with Crippen molar-refractivity contribution in [2.24, 2.45) is 7.05 Å². The number of aromatic nitrogens is 2. The second-order valence-corrected chi connectivity index (χ2v) is 9.01. The van der Waals surface area contributed by atoms with Crippen LogP contribution in [0.5, 0.6) is 5.88 Å². The van der Waals surface area contributed by atoms with E-state index in [1.54, 1.807) is 11.3 Å². The van der Waals surface area contributed by atoms with Gasteiger partial charge in [-0.25, -0.2) is 0 Å². The highest BCUT2D eigenvalue weighted by Gasteiger charge is 2.32. The van der Waals surface area contributed by atoms with Crippen molar-refractivity contribution in [1.82, 2.24) is 0 Å². The van der Waals surface area contributed by atoms with E-state index in [4.69, 9.17) is 0 Å². The van der Waals surface area contributed by atoms with Gasteiger partial charge in [0.25, 0.3) is 16.7 Å². The number of hydrogen-bond acceptors (Lipinski definition) is 3. The molecule has 1 N–H and O–H groups in total. The van der Waals surface area contributed by atoms with E-state index < -0.39 is 0 Å². The van der Waals surface area contributed by atoms with Crippen LogP contribution in [0.4, 0.5) is 5.69 Å². The number of nitrogens with zero attached hydrogens (tertiary/aromatic N) is 3. The molecule has 3 aromatic carbocycles. The first-order valence-electron chi connectivity index (χ1n) is 10.5. The number of aromatic hydroxyl groups is 1. The van der Waals surface area contributed by atoms with Crippen LogP contribution in [0.2, 0.25) is 0 Å². The van der Waals surface area contributed by atoms with E-state index in [-0.39, 0.29) is 5.88 Å². The van der Waals surface area contributed by atoms with E-state index in [9.17, 15) is 5.11 Å². The van der Waals surface area contributed by atoms with Crippen molar-refractivity contribution >= 4 is 45.0 Å². The molecule has 32 heavy (non-hydrogen) atoms. The zero-order valence-electron chi connectivity index (χ0n) is 18.4. The molecule has 0 bridgehead atoms. The van der Waals surface area contributed by atoms with Gasteiger partial charge < -0.3 is 10.0 Å². The molecule has 0 amide bonds. The Labute approximate surface area is 191 Å². The summed E-state index contributed by atoms with van der Waals surface area (Å²) < 4.78 is 4.16. The first kappa shape index (κ1) is 20.2. The van der Waals surface area contributed by atoms with Crippen LogP contribution in [0.3, 0.4) is 0 Å². The number of aryl methyl sites for hydroxylation is 1. The molecule has 0 spiro atoms. The van der Waals surface area contributed by atoms with Gasteiger partial charge in [0.2, 0.25) is 0 Å². The Morgan fingerprint density at radius 1 is 0.812 bits per heavy atom. The number of rotatable bonds is 4. The number of fused-ring (bicyclic) bond motifs is 3. The van der Waals surface area contributed by atoms with E-state index in [2.05, 4.69) is 65.1 Å². The molecule has 5 aromatic rings. The van der Waals surface area contributed by atoms with Crippen molar-refractivity contribution in [2.45, 2.75) is 0 Å². The van der Waals surface area contributed by atoms with Crippen LogP contribution in [0.25, 0.3) is 38.5 Å². The molecule has 5 rings (SSSR count). The highest BCUT2D eigenvalue weighted by atomic mass is 32.1. The summed E-state index contributed by atoms with van der Waals surface area (Å²) in [7, 11) is 6.17. The zero-order valence-corrected chi connectivity index (χ0v) is 19.2. The third kappa shape index (κ3) is 3.41. The summed E-state index contributed by atoms with van der Waals surface area (Å²) in [5, 5.41) is 11.3. The fourth-order valence-corrected chi connectivity index (χ4v) is 5.22. The second-order valence-electron chi connectivity index (χ2n) is 8.01. The average Bonchev–Trinajstić information content (AvgIpc) is 3.17. The SMILES string of the molecule is CN(C)c1ccc(/C=C/c2c3sc(-c4ccccc4)c(O)[n+]3c3ccccc3[n+]2C)cc1. The lowest BCUT2D eigenvalue weighted by atomic mass is 10.1. The molecule has 0 radical (unpaired) electrons. The van der Waals surface area contributed by atoms with Crippen molar-refractivity contribution in [3.05, 3.63) is 90.1 Å². The molecule has 0 unspecified atom stereocenters. The molecular weight excluding hydrogens is 414 g/mol. The lowest BCUT2D eigenvalue weighted by Gasteiger charge is -2.11. The smallest absolute Gasteiger partial charge is 0.391 e. The molecule has 0 aliphatic carbocycles. The van der Waals surface area contributed by atoms with Gasteiger partial charge in [-0.1, -0.05) is 70.3 Å². The summed E-state index contributed by atoms with van der Waals surface area (Å²) in [5.74, 6) is 0.276. The molecule has 0 aliphatic rings. The van der Waals surface area contributed by atoms with Crippen LogP contribution >= 0.6 is 11.3 Å². The van der Waals surface area contributed by atoms with Crippen molar-refractivity contribution < 1.29 is 14.1 Å². The third-order valence-corrected chi connectivity index (χ3v) is 6.97. The van der Waals surface area contributed by atoms with Gasteiger partial charge in [-0.05, 0) is 23.8 Å². The fourth-order valence-electron chi connectivity index (χ4n) is 4.01. The largest absolute Gasteiger partial charge is 0.458 e. The van der Waals surface area contributed by atoms with Crippen molar-refractivity contribution in [3.8, 4) is 16.3 Å². The third-order valence-electron chi connectivity index (χ3n) is 5.76. The van der Waals surface area contributed by atoms with Gasteiger partial charge in [0, 0.05) is 43.6 Å². The molecule has 0 atom stereocenters. The Morgan fingerprint density at radius 2 is 1.47 bits per heavy atom. The lowest BCUT2D eigenvalue weighted by Crippen LogP contribution is -2.39. The number of thiazole rings is 1. The molecule has 158 valence electrons. The van der Waals surface area contributed by atoms with Crippen LogP contribution < -0.4 is 13.9 Å². The van der Waals surface area contributed by atoms with Crippen LogP contribution in [0, 0.1) is 0 Å². The molecule has 5 heteroatoms. The average molecular weight is 440 g/mol. The molecule has 0 aliphatic heterocycles.